The standard InChI is InChI=1S/C10H19NO/c1-8-3-2-4-9-7-10(12)5-6-11(8)9/h8-10,12H,2-7H2,1H3/t8-,9-,10+/m1/s1. The summed E-state index contributed by atoms with van der Waals surface area (Å²) in [7, 11) is 0. The highest BCUT2D eigenvalue weighted by molar-refractivity contribution is 4.87. The van der Waals surface area contributed by atoms with Gasteiger partial charge in [0.1, 0.15) is 0 Å². The first-order valence-corrected chi connectivity index (χ1v) is 5.21. The van der Waals surface area contributed by atoms with Crippen molar-refractivity contribution in [1.82, 2.24) is 4.90 Å². The Kier molecular flexibility index (Phi) is 2.37. The van der Waals surface area contributed by atoms with E-state index in [1.807, 2.05) is 0 Å². The van der Waals surface area contributed by atoms with Gasteiger partial charge in [-0.2, -0.15) is 0 Å². The first-order chi connectivity index (χ1) is 5.77. The van der Waals surface area contributed by atoms with Crippen LogP contribution >= 0.6 is 0 Å². The van der Waals surface area contributed by atoms with Gasteiger partial charge < -0.3 is 5.11 Å². The Morgan fingerprint density at radius 3 is 2.92 bits per heavy atom. The fourth-order valence-corrected chi connectivity index (χ4v) is 2.73. The predicted octanol–water partition coefficient (Wildman–Crippen LogP) is 1.38. The van der Waals surface area contributed by atoms with Crippen molar-refractivity contribution in [1.29, 1.82) is 0 Å². The van der Waals surface area contributed by atoms with Crippen molar-refractivity contribution < 1.29 is 5.11 Å². The van der Waals surface area contributed by atoms with Crippen molar-refractivity contribution in [3.8, 4) is 0 Å². The fourth-order valence-electron chi connectivity index (χ4n) is 2.73. The molecule has 3 atom stereocenters. The van der Waals surface area contributed by atoms with E-state index in [0.717, 1.165) is 25.4 Å². The molecular formula is C10H19NO. The highest BCUT2D eigenvalue weighted by Gasteiger charge is 2.32. The Bertz CT molecular complexity index is 160. The molecule has 70 valence electrons. The van der Waals surface area contributed by atoms with Crippen LogP contribution in [0, 0.1) is 0 Å². The van der Waals surface area contributed by atoms with Gasteiger partial charge in [-0.25, -0.2) is 0 Å². The number of rotatable bonds is 0. The van der Waals surface area contributed by atoms with Crippen LogP contribution in [0.3, 0.4) is 0 Å². The molecule has 0 aromatic carbocycles. The Balaban J connectivity index is 1.99. The molecule has 2 aliphatic heterocycles. The lowest BCUT2D eigenvalue weighted by Gasteiger charge is -2.45. The molecule has 0 spiro atoms. The number of aliphatic hydroxyl groups excluding tert-OH is 1. The summed E-state index contributed by atoms with van der Waals surface area (Å²) in [6, 6.07) is 1.45. The van der Waals surface area contributed by atoms with Crippen LogP contribution in [0.2, 0.25) is 0 Å². The Morgan fingerprint density at radius 2 is 2.08 bits per heavy atom. The van der Waals surface area contributed by atoms with E-state index in [9.17, 15) is 5.11 Å². The largest absolute Gasteiger partial charge is 0.393 e. The van der Waals surface area contributed by atoms with Gasteiger partial charge in [0.05, 0.1) is 6.10 Å². The zero-order valence-electron chi connectivity index (χ0n) is 7.87. The minimum absolute atomic E-state index is 0.0171. The van der Waals surface area contributed by atoms with Gasteiger partial charge in [-0.1, -0.05) is 6.42 Å². The van der Waals surface area contributed by atoms with Gasteiger partial charge in [0.2, 0.25) is 0 Å². The van der Waals surface area contributed by atoms with Crippen LogP contribution in [-0.2, 0) is 0 Å². The fraction of sp³-hybridized carbons (Fsp3) is 1.00. The van der Waals surface area contributed by atoms with Gasteiger partial charge >= 0.3 is 0 Å². The highest BCUT2D eigenvalue weighted by Crippen LogP contribution is 2.29. The molecule has 0 radical (unpaired) electrons. The zero-order valence-corrected chi connectivity index (χ0v) is 7.87. The van der Waals surface area contributed by atoms with Crippen LogP contribution < -0.4 is 0 Å². The second-order valence-electron chi connectivity index (χ2n) is 4.35. The van der Waals surface area contributed by atoms with Crippen molar-refractivity contribution in [2.45, 2.75) is 57.2 Å². The van der Waals surface area contributed by atoms with Crippen molar-refractivity contribution in [3.63, 3.8) is 0 Å². The van der Waals surface area contributed by atoms with Gasteiger partial charge in [0, 0.05) is 18.6 Å². The van der Waals surface area contributed by atoms with E-state index in [1.54, 1.807) is 0 Å². The second kappa shape index (κ2) is 3.35. The summed E-state index contributed by atoms with van der Waals surface area (Å²) in [6.45, 7) is 3.44. The zero-order chi connectivity index (χ0) is 8.55. The van der Waals surface area contributed by atoms with E-state index < -0.39 is 0 Å². The third kappa shape index (κ3) is 1.50. The van der Waals surface area contributed by atoms with Crippen molar-refractivity contribution in [2.24, 2.45) is 0 Å². The predicted molar refractivity (Wildman–Crippen MR) is 49.0 cm³/mol. The van der Waals surface area contributed by atoms with Crippen LogP contribution in [0.25, 0.3) is 0 Å². The summed E-state index contributed by atoms with van der Waals surface area (Å²) >= 11 is 0. The summed E-state index contributed by atoms with van der Waals surface area (Å²) in [4.78, 5) is 2.59. The summed E-state index contributed by atoms with van der Waals surface area (Å²) in [6.07, 6.45) is 6.00. The van der Waals surface area contributed by atoms with Gasteiger partial charge in [-0.15, -0.1) is 0 Å². The Labute approximate surface area is 74.6 Å². The second-order valence-corrected chi connectivity index (χ2v) is 4.35. The summed E-state index contributed by atoms with van der Waals surface area (Å²) in [5.74, 6) is 0. The molecule has 2 aliphatic rings. The lowest BCUT2D eigenvalue weighted by molar-refractivity contribution is -0.00192. The van der Waals surface area contributed by atoms with E-state index in [2.05, 4.69) is 11.8 Å². The smallest absolute Gasteiger partial charge is 0.0567 e. The molecule has 12 heavy (non-hydrogen) atoms. The van der Waals surface area contributed by atoms with Crippen LogP contribution in [0.1, 0.15) is 39.0 Å². The number of aliphatic hydroxyl groups is 1. The maximum atomic E-state index is 9.51. The van der Waals surface area contributed by atoms with Gasteiger partial charge in [0.25, 0.3) is 0 Å². The molecule has 2 heterocycles. The van der Waals surface area contributed by atoms with Crippen molar-refractivity contribution in [3.05, 3.63) is 0 Å². The number of nitrogens with zero attached hydrogens (tertiary/aromatic N) is 1. The van der Waals surface area contributed by atoms with Crippen LogP contribution in [0.4, 0.5) is 0 Å². The number of hydrogen-bond acceptors (Lipinski definition) is 2. The molecule has 0 bridgehead atoms. The molecule has 0 amide bonds. The molecule has 2 saturated heterocycles. The average molecular weight is 169 g/mol. The van der Waals surface area contributed by atoms with E-state index in [0.29, 0.717) is 6.04 Å². The Morgan fingerprint density at radius 1 is 1.25 bits per heavy atom. The minimum Gasteiger partial charge on any atom is -0.393 e. The number of hydrogen-bond donors (Lipinski definition) is 1. The van der Waals surface area contributed by atoms with Gasteiger partial charge in [0.15, 0.2) is 0 Å². The topological polar surface area (TPSA) is 23.5 Å². The summed E-state index contributed by atoms with van der Waals surface area (Å²) < 4.78 is 0. The van der Waals surface area contributed by atoms with E-state index in [4.69, 9.17) is 0 Å². The lowest BCUT2D eigenvalue weighted by Crippen LogP contribution is -2.50. The molecule has 2 heteroatoms. The molecule has 0 aromatic heterocycles. The number of piperidine rings is 2. The highest BCUT2D eigenvalue weighted by atomic mass is 16.3. The lowest BCUT2D eigenvalue weighted by atomic mass is 9.88. The molecule has 0 aliphatic carbocycles. The van der Waals surface area contributed by atoms with E-state index >= 15 is 0 Å². The van der Waals surface area contributed by atoms with Crippen LogP contribution in [-0.4, -0.2) is 34.7 Å². The van der Waals surface area contributed by atoms with Crippen molar-refractivity contribution in [2.75, 3.05) is 6.54 Å². The molecular weight excluding hydrogens is 150 g/mol. The maximum absolute atomic E-state index is 9.51. The third-order valence-electron chi connectivity index (χ3n) is 3.46. The minimum atomic E-state index is -0.0171. The molecule has 2 rings (SSSR count). The summed E-state index contributed by atoms with van der Waals surface area (Å²) in [5.41, 5.74) is 0. The quantitative estimate of drug-likeness (QED) is 0.592. The third-order valence-corrected chi connectivity index (χ3v) is 3.46. The molecule has 2 fully saturated rings. The van der Waals surface area contributed by atoms with E-state index in [-0.39, 0.29) is 6.10 Å². The van der Waals surface area contributed by atoms with Gasteiger partial charge in [-0.3, -0.25) is 4.90 Å². The monoisotopic (exact) mass is 169 g/mol. The first kappa shape index (κ1) is 8.52. The van der Waals surface area contributed by atoms with Gasteiger partial charge in [-0.05, 0) is 32.6 Å². The average Bonchev–Trinajstić information content (AvgIpc) is 2.04. The maximum Gasteiger partial charge on any atom is 0.0567 e. The van der Waals surface area contributed by atoms with E-state index in [1.165, 1.54) is 19.3 Å². The van der Waals surface area contributed by atoms with Crippen LogP contribution in [0.5, 0.6) is 0 Å². The van der Waals surface area contributed by atoms with Crippen LogP contribution in [0.15, 0.2) is 0 Å². The SMILES string of the molecule is C[C@@H]1CCC[C@@H]2C[C@@H](O)CCN21. The normalized spacial score (nSPS) is 44.0. The molecule has 0 unspecified atom stereocenters. The first-order valence-electron chi connectivity index (χ1n) is 5.21. The Hall–Kier alpha value is -0.0800. The summed E-state index contributed by atoms with van der Waals surface area (Å²) in [5, 5.41) is 9.51. The molecule has 0 aromatic rings. The van der Waals surface area contributed by atoms with Crippen molar-refractivity contribution >= 4 is 0 Å². The molecule has 2 nitrogen and oxygen atoms in total. The molecule has 0 saturated carbocycles. The number of fused-ring (bicyclic) bond motifs is 1. The molecule has 1 N–H and O–H groups in total.